The van der Waals surface area contributed by atoms with Crippen molar-refractivity contribution in [2.75, 3.05) is 0 Å². The van der Waals surface area contributed by atoms with Crippen LogP contribution in [-0.4, -0.2) is 16.0 Å². The maximum atomic E-state index is 12.1. The fourth-order valence-electron chi connectivity index (χ4n) is 2.58. The van der Waals surface area contributed by atoms with E-state index in [1.807, 2.05) is 49.4 Å². The summed E-state index contributed by atoms with van der Waals surface area (Å²) in [6, 6.07) is 19.2. The molecule has 114 valence electrons. The number of nitriles is 1. The molecule has 1 aliphatic heterocycles. The van der Waals surface area contributed by atoms with Crippen LogP contribution < -0.4 is 0 Å². The molecular weight excluding hydrogens is 306 g/mol. The van der Waals surface area contributed by atoms with Gasteiger partial charge in [0.15, 0.2) is 0 Å². The standard InChI is InChI=1S/C18H15N3OS/c1-13(22)21-18(2,16-9-4-3-5-10-16)23-17(20-21)15-8-6-7-14(11-15)12-19/h3-11H,1-2H3. The minimum atomic E-state index is -0.592. The van der Waals surface area contributed by atoms with Gasteiger partial charge >= 0.3 is 0 Å². The Morgan fingerprint density at radius 3 is 2.61 bits per heavy atom. The Hall–Kier alpha value is -2.58. The largest absolute Gasteiger partial charge is 0.273 e. The summed E-state index contributed by atoms with van der Waals surface area (Å²) < 4.78 is 0. The van der Waals surface area contributed by atoms with E-state index in [0.29, 0.717) is 5.56 Å². The Balaban J connectivity index is 2.04. The molecule has 0 spiro atoms. The van der Waals surface area contributed by atoms with Gasteiger partial charge in [0.2, 0.25) is 5.91 Å². The molecule has 2 aromatic carbocycles. The summed E-state index contributed by atoms with van der Waals surface area (Å²) in [6.07, 6.45) is 0. The second-order valence-electron chi connectivity index (χ2n) is 5.38. The van der Waals surface area contributed by atoms with Gasteiger partial charge in [-0.2, -0.15) is 10.4 Å². The molecule has 1 unspecified atom stereocenters. The predicted molar refractivity (Wildman–Crippen MR) is 91.6 cm³/mol. The average molecular weight is 321 g/mol. The van der Waals surface area contributed by atoms with Crippen LogP contribution in [0.3, 0.4) is 0 Å². The zero-order valence-corrected chi connectivity index (χ0v) is 13.7. The lowest BCUT2D eigenvalue weighted by atomic mass is 10.1. The highest BCUT2D eigenvalue weighted by atomic mass is 32.2. The molecule has 2 aromatic rings. The van der Waals surface area contributed by atoms with E-state index >= 15 is 0 Å². The fourth-order valence-corrected chi connectivity index (χ4v) is 3.83. The van der Waals surface area contributed by atoms with E-state index in [2.05, 4.69) is 11.2 Å². The number of nitrogens with zero attached hydrogens (tertiary/aromatic N) is 3. The first-order valence-electron chi connectivity index (χ1n) is 7.19. The third-order valence-electron chi connectivity index (χ3n) is 3.74. The van der Waals surface area contributed by atoms with Crippen molar-refractivity contribution < 1.29 is 4.79 Å². The van der Waals surface area contributed by atoms with Gasteiger partial charge in [-0.05, 0) is 24.6 Å². The van der Waals surface area contributed by atoms with E-state index in [9.17, 15) is 4.79 Å². The monoisotopic (exact) mass is 321 g/mol. The number of carbonyl (C=O) groups excluding carboxylic acids is 1. The predicted octanol–water partition coefficient (Wildman–Crippen LogP) is 3.69. The molecule has 1 heterocycles. The van der Waals surface area contributed by atoms with Crippen LogP contribution >= 0.6 is 11.8 Å². The summed E-state index contributed by atoms with van der Waals surface area (Å²) in [5.41, 5.74) is 2.43. The lowest BCUT2D eigenvalue weighted by Crippen LogP contribution is -2.37. The van der Waals surface area contributed by atoms with Crippen LogP contribution in [0.4, 0.5) is 0 Å². The zero-order chi connectivity index (χ0) is 16.4. The second-order valence-corrected chi connectivity index (χ2v) is 6.77. The first-order valence-corrected chi connectivity index (χ1v) is 8.01. The maximum absolute atomic E-state index is 12.1. The van der Waals surface area contributed by atoms with Crippen LogP contribution in [0.1, 0.15) is 30.5 Å². The molecule has 0 saturated heterocycles. The molecular formula is C18H15N3OS. The molecule has 0 saturated carbocycles. The highest BCUT2D eigenvalue weighted by Crippen LogP contribution is 2.46. The van der Waals surface area contributed by atoms with E-state index < -0.39 is 4.87 Å². The Kier molecular flexibility index (Phi) is 3.93. The normalized spacial score (nSPS) is 20.0. The third-order valence-corrected chi connectivity index (χ3v) is 5.05. The van der Waals surface area contributed by atoms with Crippen molar-refractivity contribution in [1.82, 2.24) is 5.01 Å². The highest BCUT2D eigenvalue weighted by Gasteiger charge is 2.43. The molecule has 0 bridgehead atoms. The molecule has 3 rings (SSSR count). The first-order chi connectivity index (χ1) is 11.0. The van der Waals surface area contributed by atoms with Gasteiger partial charge in [0.25, 0.3) is 0 Å². The molecule has 0 fully saturated rings. The lowest BCUT2D eigenvalue weighted by Gasteiger charge is -2.31. The zero-order valence-electron chi connectivity index (χ0n) is 12.9. The van der Waals surface area contributed by atoms with E-state index in [0.717, 1.165) is 16.2 Å². The van der Waals surface area contributed by atoms with Crippen molar-refractivity contribution in [3.63, 3.8) is 0 Å². The van der Waals surface area contributed by atoms with Gasteiger partial charge in [-0.15, -0.1) is 0 Å². The number of amides is 1. The number of benzene rings is 2. The summed E-state index contributed by atoms with van der Waals surface area (Å²) in [6.45, 7) is 3.50. The summed E-state index contributed by atoms with van der Waals surface area (Å²) in [7, 11) is 0. The molecule has 0 aromatic heterocycles. The van der Waals surface area contributed by atoms with Crippen molar-refractivity contribution in [2.45, 2.75) is 18.7 Å². The molecule has 1 amide bonds. The van der Waals surface area contributed by atoms with Gasteiger partial charge in [0, 0.05) is 12.5 Å². The van der Waals surface area contributed by atoms with Crippen molar-refractivity contribution in [2.24, 2.45) is 5.10 Å². The molecule has 5 heteroatoms. The lowest BCUT2D eigenvalue weighted by molar-refractivity contribution is -0.131. The van der Waals surface area contributed by atoms with Crippen molar-refractivity contribution >= 4 is 22.7 Å². The smallest absolute Gasteiger partial charge is 0.241 e. The minimum Gasteiger partial charge on any atom is -0.273 e. The van der Waals surface area contributed by atoms with E-state index in [1.54, 1.807) is 12.1 Å². The SMILES string of the molecule is CC(=O)N1N=C(c2cccc(C#N)c2)SC1(C)c1ccccc1. The Labute approximate surface area is 139 Å². The van der Waals surface area contributed by atoms with Crippen LogP contribution in [0, 0.1) is 11.3 Å². The molecule has 23 heavy (non-hydrogen) atoms. The second kappa shape index (κ2) is 5.90. The molecule has 1 aliphatic rings. The molecule has 0 radical (unpaired) electrons. The van der Waals surface area contributed by atoms with Gasteiger partial charge < -0.3 is 0 Å². The summed E-state index contributed by atoms with van der Waals surface area (Å²) in [5, 5.41) is 15.8. The number of rotatable bonds is 2. The van der Waals surface area contributed by atoms with Gasteiger partial charge in [-0.1, -0.05) is 54.2 Å². The Morgan fingerprint density at radius 2 is 1.96 bits per heavy atom. The number of thioether (sulfide) groups is 1. The summed E-state index contributed by atoms with van der Waals surface area (Å²) in [5.74, 6) is -0.115. The Morgan fingerprint density at radius 1 is 1.22 bits per heavy atom. The van der Waals surface area contributed by atoms with Crippen LogP contribution in [0.25, 0.3) is 0 Å². The number of hydrogen-bond acceptors (Lipinski definition) is 4. The van der Waals surface area contributed by atoms with E-state index in [1.165, 1.54) is 23.7 Å². The van der Waals surface area contributed by atoms with E-state index in [-0.39, 0.29) is 5.91 Å². The maximum Gasteiger partial charge on any atom is 0.241 e. The van der Waals surface area contributed by atoms with Gasteiger partial charge in [0.05, 0.1) is 11.6 Å². The minimum absolute atomic E-state index is 0.115. The number of hydrogen-bond donors (Lipinski definition) is 0. The summed E-state index contributed by atoms with van der Waals surface area (Å²) in [4.78, 5) is 11.5. The topological polar surface area (TPSA) is 56.5 Å². The first kappa shape index (κ1) is 15.3. The average Bonchev–Trinajstić information content (AvgIpc) is 2.95. The van der Waals surface area contributed by atoms with Crippen molar-refractivity contribution in [3.8, 4) is 6.07 Å². The van der Waals surface area contributed by atoms with Crippen LogP contribution in [-0.2, 0) is 9.67 Å². The van der Waals surface area contributed by atoms with Crippen LogP contribution in [0.15, 0.2) is 59.7 Å². The van der Waals surface area contributed by atoms with Crippen LogP contribution in [0.5, 0.6) is 0 Å². The molecule has 0 N–H and O–H groups in total. The van der Waals surface area contributed by atoms with Crippen LogP contribution in [0.2, 0.25) is 0 Å². The van der Waals surface area contributed by atoms with E-state index in [4.69, 9.17) is 5.26 Å². The fraction of sp³-hybridized carbons (Fsp3) is 0.167. The quantitative estimate of drug-likeness (QED) is 0.847. The Bertz CT molecular complexity index is 826. The van der Waals surface area contributed by atoms with Crippen molar-refractivity contribution in [1.29, 1.82) is 5.26 Å². The number of carbonyl (C=O) groups is 1. The van der Waals surface area contributed by atoms with Gasteiger partial charge in [0.1, 0.15) is 9.91 Å². The van der Waals surface area contributed by atoms with Crippen molar-refractivity contribution in [3.05, 3.63) is 71.3 Å². The molecule has 4 nitrogen and oxygen atoms in total. The number of hydrazone groups is 1. The third kappa shape index (κ3) is 2.73. The highest BCUT2D eigenvalue weighted by molar-refractivity contribution is 8.15. The molecule has 1 atom stereocenters. The van der Waals surface area contributed by atoms with Gasteiger partial charge in [-0.25, -0.2) is 5.01 Å². The summed E-state index contributed by atoms with van der Waals surface area (Å²) >= 11 is 1.52. The molecule has 0 aliphatic carbocycles. The van der Waals surface area contributed by atoms with Gasteiger partial charge in [-0.3, -0.25) is 4.79 Å².